The second-order valence-electron chi connectivity index (χ2n) is 13.1. The molecular formula is C33H38F3N7O4S. The summed E-state index contributed by atoms with van der Waals surface area (Å²) < 4.78 is 42.9. The summed E-state index contributed by atoms with van der Waals surface area (Å²) in [5.74, 6) is 0.570. The number of aliphatic hydroxyl groups is 3. The van der Waals surface area contributed by atoms with Crippen LogP contribution in [-0.2, 0) is 0 Å². The number of hydrogen-bond acceptors (Lipinski definition) is 12. The minimum atomic E-state index is -4.72. The van der Waals surface area contributed by atoms with Gasteiger partial charge in [0.2, 0.25) is 5.95 Å². The minimum Gasteiger partial charge on any atom is -0.406 e. The van der Waals surface area contributed by atoms with Gasteiger partial charge in [-0.1, -0.05) is 0 Å². The van der Waals surface area contributed by atoms with Crippen molar-refractivity contribution in [3.05, 3.63) is 47.9 Å². The number of aliphatic hydroxyl groups excluding tert-OH is 3. The Hall–Kier alpha value is -3.79. The van der Waals surface area contributed by atoms with Crippen LogP contribution in [0.5, 0.6) is 5.75 Å². The van der Waals surface area contributed by atoms with Crippen LogP contribution in [0.1, 0.15) is 43.5 Å². The van der Waals surface area contributed by atoms with E-state index in [0.717, 1.165) is 47.3 Å². The van der Waals surface area contributed by atoms with Gasteiger partial charge in [0.05, 0.1) is 33.8 Å². The Bertz CT molecular complexity index is 1760. The van der Waals surface area contributed by atoms with Crippen LogP contribution in [0.2, 0.25) is 0 Å². The van der Waals surface area contributed by atoms with Crippen molar-refractivity contribution in [2.45, 2.75) is 82.6 Å². The van der Waals surface area contributed by atoms with Crippen LogP contribution in [0, 0.1) is 25.7 Å². The highest BCUT2D eigenvalue weighted by Gasteiger charge is 2.43. The molecule has 5 N–H and O–H groups in total. The first-order valence-corrected chi connectivity index (χ1v) is 17.0. The van der Waals surface area contributed by atoms with Crippen LogP contribution in [0.4, 0.5) is 30.6 Å². The molecule has 0 amide bonds. The molecule has 1 unspecified atom stereocenters. The summed E-state index contributed by atoms with van der Waals surface area (Å²) in [6.07, 6.45) is -0.879. The molecule has 1 aromatic carbocycles. The van der Waals surface area contributed by atoms with E-state index in [9.17, 15) is 28.5 Å². The number of halogens is 3. The summed E-state index contributed by atoms with van der Waals surface area (Å²) in [6.45, 7) is 4.21. The van der Waals surface area contributed by atoms with Crippen molar-refractivity contribution >= 4 is 39.0 Å². The van der Waals surface area contributed by atoms with Gasteiger partial charge in [-0.3, -0.25) is 4.98 Å². The number of nitrogens with zero attached hydrogens (tertiary/aromatic N) is 5. The molecule has 2 aliphatic heterocycles. The smallest absolute Gasteiger partial charge is 0.406 e. The first-order chi connectivity index (χ1) is 23.0. The maximum absolute atomic E-state index is 12.6. The van der Waals surface area contributed by atoms with Crippen molar-refractivity contribution < 1.29 is 33.2 Å². The van der Waals surface area contributed by atoms with Gasteiger partial charge < -0.3 is 35.6 Å². The zero-order valence-electron chi connectivity index (χ0n) is 26.5. The number of aromatic nitrogens is 4. The second kappa shape index (κ2) is 12.9. The first-order valence-electron chi connectivity index (χ1n) is 16.2. The summed E-state index contributed by atoms with van der Waals surface area (Å²) in [5.41, 5.74) is 3.91. The fourth-order valence-corrected chi connectivity index (χ4v) is 8.77. The number of ether oxygens (including phenoxy) is 1. The maximum Gasteiger partial charge on any atom is 0.573 e. The fourth-order valence-electron chi connectivity index (χ4n) is 7.66. The van der Waals surface area contributed by atoms with Gasteiger partial charge in [0.1, 0.15) is 28.2 Å². The van der Waals surface area contributed by atoms with Gasteiger partial charge in [0.25, 0.3) is 0 Å². The number of aryl methyl sites for hydroxylation is 2. The van der Waals surface area contributed by atoms with Crippen LogP contribution in [0.15, 0.2) is 36.5 Å². The SMILES string of the molecule is Cc1nc(NCC2C[C@H]3CC[C@@H](C2)N3c2ccc(OC(F)(F)F)cc2)nc(N[C@@H]2C[C@H](CO)[C@@H](O)[C@H]2O)c1-c1nc2c(C)nccc2s1. The highest BCUT2D eigenvalue weighted by Crippen LogP contribution is 2.43. The minimum absolute atomic E-state index is 0.227. The van der Waals surface area contributed by atoms with E-state index in [1.54, 1.807) is 18.3 Å². The Morgan fingerprint density at radius 3 is 2.33 bits per heavy atom. The predicted octanol–water partition coefficient (Wildman–Crippen LogP) is 5.04. The number of hydrogen-bond donors (Lipinski definition) is 5. The Balaban J connectivity index is 1.09. The maximum atomic E-state index is 12.6. The summed E-state index contributed by atoms with van der Waals surface area (Å²) in [4.78, 5) is 21.3. The normalized spacial score (nSPS) is 27.1. The summed E-state index contributed by atoms with van der Waals surface area (Å²) >= 11 is 1.50. The zero-order chi connectivity index (χ0) is 33.7. The number of anilines is 3. The lowest BCUT2D eigenvalue weighted by atomic mass is 9.90. The Kier molecular flexibility index (Phi) is 8.81. The number of pyridine rings is 1. The number of alkyl halides is 3. The predicted molar refractivity (Wildman–Crippen MR) is 176 cm³/mol. The van der Waals surface area contributed by atoms with E-state index in [-0.39, 0.29) is 24.4 Å². The van der Waals surface area contributed by atoms with Gasteiger partial charge >= 0.3 is 6.36 Å². The van der Waals surface area contributed by atoms with Crippen molar-refractivity contribution in [1.29, 1.82) is 0 Å². The van der Waals surface area contributed by atoms with Crippen molar-refractivity contribution in [3.63, 3.8) is 0 Å². The molecule has 4 aromatic rings. The van der Waals surface area contributed by atoms with E-state index in [1.165, 1.54) is 23.5 Å². The quantitative estimate of drug-likeness (QED) is 0.161. The molecule has 7 atom stereocenters. The molecule has 5 heterocycles. The van der Waals surface area contributed by atoms with Crippen molar-refractivity contribution in [1.82, 2.24) is 19.9 Å². The lowest BCUT2D eigenvalue weighted by Gasteiger charge is -2.40. The number of fused-ring (bicyclic) bond motifs is 3. The molecule has 2 saturated heterocycles. The largest absolute Gasteiger partial charge is 0.573 e. The average Bonchev–Trinajstić information content (AvgIpc) is 3.67. The van der Waals surface area contributed by atoms with Crippen molar-refractivity contribution in [3.8, 4) is 16.3 Å². The molecule has 48 heavy (non-hydrogen) atoms. The second-order valence-corrected chi connectivity index (χ2v) is 14.1. The van der Waals surface area contributed by atoms with Crippen LogP contribution in [-0.4, -0.2) is 85.1 Å². The molecule has 7 rings (SSSR count). The first kappa shape index (κ1) is 32.7. The number of piperidine rings is 1. The number of rotatable bonds is 9. The molecule has 1 saturated carbocycles. The average molecular weight is 686 g/mol. The van der Waals surface area contributed by atoms with Gasteiger partial charge in [0.15, 0.2) is 0 Å². The molecule has 256 valence electrons. The third-order valence-electron chi connectivity index (χ3n) is 9.90. The molecule has 1 aliphatic carbocycles. The Labute approximate surface area is 279 Å². The molecule has 3 fully saturated rings. The van der Waals surface area contributed by atoms with Gasteiger partial charge in [-0.25, -0.2) is 9.97 Å². The Morgan fingerprint density at radius 2 is 1.69 bits per heavy atom. The summed E-state index contributed by atoms with van der Waals surface area (Å²) in [5, 5.41) is 38.5. The van der Waals surface area contributed by atoms with Gasteiger partial charge in [0, 0.05) is 43.0 Å². The van der Waals surface area contributed by atoms with Crippen molar-refractivity contribution in [2.75, 3.05) is 28.7 Å². The van der Waals surface area contributed by atoms with Crippen LogP contribution >= 0.6 is 11.3 Å². The molecule has 0 radical (unpaired) electrons. The topological polar surface area (TPSA) is 149 Å². The molecule has 15 heteroatoms. The fraction of sp³-hybridized carbons (Fsp3) is 0.515. The summed E-state index contributed by atoms with van der Waals surface area (Å²) in [6, 6.07) is 8.07. The molecule has 3 aromatic heterocycles. The van der Waals surface area contributed by atoms with E-state index in [1.807, 2.05) is 19.9 Å². The van der Waals surface area contributed by atoms with Gasteiger partial charge in [-0.05, 0) is 82.2 Å². The van der Waals surface area contributed by atoms with Crippen molar-refractivity contribution in [2.24, 2.45) is 11.8 Å². The molecule has 2 bridgehead atoms. The number of nitrogens with one attached hydrogen (secondary N) is 2. The van der Waals surface area contributed by atoms with Crippen LogP contribution < -0.4 is 20.3 Å². The molecule has 3 aliphatic rings. The van der Waals surface area contributed by atoms with E-state index < -0.39 is 30.5 Å². The third kappa shape index (κ3) is 6.48. The standard InChI is InChI=1S/C33H38F3N7O4S/c1-16-26(31-41-27-17(2)37-10-9-25(27)48-31)30(40-24-13-19(15-44)28(45)29(24)46)42-32(39-16)38-14-18-11-21-3-4-22(12-18)43(21)20-5-7-23(8-6-20)47-33(34,35)36/h5-10,18-19,21-22,24,28-29,44-46H,3-4,11-15H2,1-2H3,(H2,38,39,40,42)/t18?,19-,21-,22+,24-,28-,29+/m1/s1. The third-order valence-corrected chi connectivity index (χ3v) is 10.9. The van der Waals surface area contributed by atoms with E-state index in [0.29, 0.717) is 46.9 Å². The van der Waals surface area contributed by atoms with Gasteiger partial charge in [-0.15, -0.1) is 24.5 Å². The molecular weight excluding hydrogens is 647 g/mol. The molecule has 11 nitrogen and oxygen atoms in total. The monoisotopic (exact) mass is 685 g/mol. The van der Waals surface area contributed by atoms with E-state index in [2.05, 4.69) is 25.3 Å². The lowest BCUT2D eigenvalue weighted by molar-refractivity contribution is -0.274. The number of thiazole rings is 1. The number of benzene rings is 1. The van der Waals surface area contributed by atoms with Crippen LogP contribution in [0.3, 0.4) is 0 Å². The van der Waals surface area contributed by atoms with E-state index >= 15 is 0 Å². The highest BCUT2D eigenvalue weighted by atomic mass is 32.1. The van der Waals surface area contributed by atoms with Gasteiger partial charge in [-0.2, -0.15) is 4.98 Å². The zero-order valence-corrected chi connectivity index (χ0v) is 27.3. The molecule has 0 spiro atoms. The lowest BCUT2D eigenvalue weighted by Crippen LogP contribution is -2.44. The highest BCUT2D eigenvalue weighted by molar-refractivity contribution is 7.21. The summed E-state index contributed by atoms with van der Waals surface area (Å²) in [7, 11) is 0. The van der Waals surface area contributed by atoms with Crippen LogP contribution in [0.25, 0.3) is 20.8 Å². The Morgan fingerprint density at radius 1 is 0.958 bits per heavy atom. The van der Waals surface area contributed by atoms with E-state index in [4.69, 9.17) is 15.0 Å².